The van der Waals surface area contributed by atoms with Crippen LogP contribution >= 0.6 is 11.6 Å². The van der Waals surface area contributed by atoms with Crippen LogP contribution in [-0.2, 0) is 4.79 Å². The monoisotopic (exact) mass is 354 g/mol. The second kappa shape index (κ2) is 7.32. The highest BCUT2D eigenvalue weighted by molar-refractivity contribution is 6.33. The van der Waals surface area contributed by atoms with Crippen LogP contribution in [0.3, 0.4) is 0 Å². The molecule has 0 bridgehead atoms. The van der Waals surface area contributed by atoms with Crippen molar-refractivity contribution in [2.75, 3.05) is 11.9 Å². The molecule has 2 atom stereocenters. The van der Waals surface area contributed by atoms with Gasteiger partial charge < -0.3 is 10.2 Å². The maximum atomic E-state index is 12.7. The highest BCUT2D eigenvalue weighted by Crippen LogP contribution is 2.44. The number of para-hydroxylation sites is 1. The zero-order valence-corrected chi connectivity index (χ0v) is 15.5. The molecule has 0 aliphatic carbocycles. The Morgan fingerprint density at radius 2 is 1.88 bits per heavy atom. The van der Waals surface area contributed by atoms with Crippen molar-refractivity contribution in [3.63, 3.8) is 0 Å². The lowest BCUT2D eigenvalue weighted by Gasteiger charge is -2.42. The van der Waals surface area contributed by atoms with Crippen LogP contribution < -0.4 is 10.2 Å². The topological polar surface area (TPSA) is 32.3 Å². The average Bonchev–Trinajstić information content (AvgIpc) is 2.65. The van der Waals surface area contributed by atoms with E-state index >= 15 is 0 Å². The van der Waals surface area contributed by atoms with Crippen molar-refractivity contribution in [2.45, 2.75) is 26.3 Å². The molecule has 1 heterocycles. The number of hydrogen-bond donors (Lipinski definition) is 1. The summed E-state index contributed by atoms with van der Waals surface area (Å²) in [6.07, 6.45) is 2.96. The second-order valence-electron chi connectivity index (χ2n) is 6.39. The Balaban J connectivity index is 2.26. The molecule has 25 heavy (non-hydrogen) atoms. The first kappa shape index (κ1) is 17.6. The van der Waals surface area contributed by atoms with Gasteiger partial charge in [0.25, 0.3) is 5.91 Å². The van der Waals surface area contributed by atoms with Crippen molar-refractivity contribution >= 4 is 29.3 Å². The van der Waals surface area contributed by atoms with Gasteiger partial charge in [0.1, 0.15) is 5.70 Å². The highest BCUT2D eigenvalue weighted by Gasteiger charge is 2.35. The van der Waals surface area contributed by atoms with Crippen LogP contribution in [0.15, 0.2) is 54.2 Å². The molecular weight excluding hydrogens is 332 g/mol. The maximum Gasteiger partial charge on any atom is 0.267 e. The summed E-state index contributed by atoms with van der Waals surface area (Å²) in [5.41, 5.74) is 3.80. The Bertz CT molecular complexity index is 815. The summed E-state index contributed by atoms with van der Waals surface area (Å²) in [7, 11) is 1.66. The lowest BCUT2D eigenvalue weighted by atomic mass is 9.84. The van der Waals surface area contributed by atoms with Crippen molar-refractivity contribution in [1.82, 2.24) is 5.32 Å². The van der Waals surface area contributed by atoms with Crippen molar-refractivity contribution in [3.05, 3.63) is 70.4 Å². The largest absolute Gasteiger partial charge is 0.354 e. The van der Waals surface area contributed by atoms with Gasteiger partial charge in [0.15, 0.2) is 0 Å². The molecule has 0 radical (unpaired) electrons. The number of halogens is 1. The number of likely N-dealkylation sites (N-methyl/N-ethyl adjacent to an activating group) is 1. The molecule has 3 rings (SSSR count). The van der Waals surface area contributed by atoms with Crippen LogP contribution in [0.25, 0.3) is 6.08 Å². The molecule has 0 fully saturated rings. The first-order chi connectivity index (χ1) is 12.1. The van der Waals surface area contributed by atoms with Gasteiger partial charge in [0.05, 0.1) is 16.8 Å². The highest BCUT2D eigenvalue weighted by atomic mass is 35.5. The van der Waals surface area contributed by atoms with Gasteiger partial charge >= 0.3 is 0 Å². The van der Waals surface area contributed by atoms with E-state index < -0.39 is 0 Å². The lowest BCUT2D eigenvalue weighted by molar-refractivity contribution is -0.117. The quantitative estimate of drug-likeness (QED) is 0.834. The van der Waals surface area contributed by atoms with Crippen LogP contribution in [0, 0.1) is 5.92 Å². The molecule has 1 aliphatic rings. The standard InChI is InChI=1S/C21H23ClN2O/c1-4-14(2)20-16-10-6-5-9-15(16)13-19(21(25)23-3)24(20)18-12-8-7-11-17(18)22/h5-14,20H,4H2,1-3H3,(H,23,25). The van der Waals surface area contributed by atoms with Crippen LogP contribution in [-0.4, -0.2) is 13.0 Å². The first-order valence-corrected chi connectivity index (χ1v) is 9.02. The molecule has 1 amide bonds. The van der Waals surface area contributed by atoms with Crippen molar-refractivity contribution < 1.29 is 4.79 Å². The number of anilines is 1. The van der Waals surface area contributed by atoms with Crippen molar-refractivity contribution in [3.8, 4) is 0 Å². The number of rotatable bonds is 4. The zero-order valence-electron chi connectivity index (χ0n) is 14.8. The third kappa shape index (κ3) is 3.16. The van der Waals surface area contributed by atoms with Crippen LogP contribution in [0.2, 0.25) is 5.02 Å². The number of carbonyl (C=O) groups excluding carboxylic acids is 1. The van der Waals surface area contributed by atoms with E-state index in [2.05, 4.69) is 42.3 Å². The van der Waals surface area contributed by atoms with E-state index in [4.69, 9.17) is 11.6 Å². The normalized spacial score (nSPS) is 17.5. The molecular formula is C21H23ClN2O. The number of benzene rings is 2. The predicted molar refractivity (Wildman–Crippen MR) is 105 cm³/mol. The predicted octanol–water partition coefficient (Wildman–Crippen LogP) is 5.03. The van der Waals surface area contributed by atoms with Gasteiger partial charge in [0, 0.05) is 7.05 Å². The van der Waals surface area contributed by atoms with Crippen LogP contribution in [0.5, 0.6) is 0 Å². The molecule has 3 nitrogen and oxygen atoms in total. The number of nitrogens with one attached hydrogen (secondary N) is 1. The van der Waals surface area contributed by atoms with Gasteiger partial charge in [-0.1, -0.05) is 68.3 Å². The summed E-state index contributed by atoms with van der Waals surface area (Å²) >= 11 is 6.51. The van der Waals surface area contributed by atoms with E-state index in [1.54, 1.807) is 7.05 Å². The molecule has 2 aromatic rings. The minimum atomic E-state index is -0.109. The fourth-order valence-corrected chi connectivity index (χ4v) is 3.66. The smallest absolute Gasteiger partial charge is 0.267 e. The molecule has 0 saturated carbocycles. The van der Waals surface area contributed by atoms with Gasteiger partial charge in [-0.3, -0.25) is 4.79 Å². The van der Waals surface area contributed by atoms with Gasteiger partial charge in [-0.15, -0.1) is 0 Å². The van der Waals surface area contributed by atoms with Gasteiger partial charge in [-0.05, 0) is 35.3 Å². The minimum Gasteiger partial charge on any atom is -0.354 e. The second-order valence-corrected chi connectivity index (χ2v) is 6.80. The summed E-state index contributed by atoms with van der Waals surface area (Å²) in [6, 6.07) is 16.0. The molecule has 1 N–H and O–H groups in total. The number of amides is 1. The Morgan fingerprint density at radius 3 is 2.56 bits per heavy atom. The molecule has 4 heteroatoms. The molecule has 0 saturated heterocycles. The summed E-state index contributed by atoms with van der Waals surface area (Å²) in [5.74, 6) is 0.244. The van der Waals surface area contributed by atoms with Gasteiger partial charge in [-0.2, -0.15) is 0 Å². The summed E-state index contributed by atoms with van der Waals surface area (Å²) in [6.45, 7) is 4.40. The Labute approximate surface area is 154 Å². The van der Waals surface area contributed by atoms with E-state index in [0.717, 1.165) is 17.7 Å². The lowest BCUT2D eigenvalue weighted by Crippen LogP contribution is -2.40. The first-order valence-electron chi connectivity index (χ1n) is 8.65. The van der Waals surface area contributed by atoms with Crippen LogP contribution in [0.1, 0.15) is 37.4 Å². The number of hydrogen-bond acceptors (Lipinski definition) is 2. The fourth-order valence-electron chi connectivity index (χ4n) is 3.43. The zero-order chi connectivity index (χ0) is 18.0. The Morgan fingerprint density at radius 1 is 1.20 bits per heavy atom. The van der Waals surface area contributed by atoms with Crippen molar-refractivity contribution in [2.24, 2.45) is 5.92 Å². The summed E-state index contributed by atoms with van der Waals surface area (Å²) in [5, 5.41) is 3.41. The van der Waals surface area contributed by atoms with E-state index in [9.17, 15) is 4.79 Å². The molecule has 1 aliphatic heterocycles. The molecule has 2 aromatic carbocycles. The van der Waals surface area contributed by atoms with E-state index in [1.165, 1.54) is 5.56 Å². The van der Waals surface area contributed by atoms with Crippen molar-refractivity contribution in [1.29, 1.82) is 0 Å². The number of nitrogens with zero attached hydrogens (tertiary/aromatic N) is 1. The minimum absolute atomic E-state index is 0.0541. The molecule has 2 unspecified atom stereocenters. The fraction of sp³-hybridized carbons (Fsp3) is 0.286. The van der Waals surface area contributed by atoms with Crippen LogP contribution in [0.4, 0.5) is 5.69 Å². The third-order valence-electron chi connectivity index (χ3n) is 4.90. The maximum absolute atomic E-state index is 12.7. The summed E-state index contributed by atoms with van der Waals surface area (Å²) in [4.78, 5) is 14.8. The molecule has 0 aromatic heterocycles. The molecule has 130 valence electrons. The SMILES string of the molecule is CCC(C)C1c2ccccc2C=C(C(=O)NC)N1c1ccccc1Cl. The summed E-state index contributed by atoms with van der Waals surface area (Å²) < 4.78 is 0. The third-order valence-corrected chi connectivity index (χ3v) is 5.22. The average molecular weight is 355 g/mol. The van der Waals surface area contributed by atoms with Gasteiger partial charge in [0.2, 0.25) is 0 Å². The number of carbonyl (C=O) groups is 1. The van der Waals surface area contributed by atoms with E-state index in [0.29, 0.717) is 16.6 Å². The molecule has 0 spiro atoms. The Hall–Kier alpha value is -2.26. The van der Waals surface area contributed by atoms with E-state index in [1.807, 2.05) is 36.4 Å². The van der Waals surface area contributed by atoms with E-state index in [-0.39, 0.29) is 11.9 Å². The Kier molecular flexibility index (Phi) is 5.14. The van der Waals surface area contributed by atoms with Gasteiger partial charge in [-0.25, -0.2) is 0 Å². The number of fused-ring (bicyclic) bond motifs is 1.